The molecule has 1 aliphatic heterocycles. The van der Waals surface area contributed by atoms with E-state index >= 15 is 0 Å². The van der Waals surface area contributed by atoms with E-state index in [2.05, 4.69) is 53.4 Å². The predicted molar refractivity (Wildman–Crippen MR) is 107 cm³/mol. The Morgan fingerprint density at radius 2 is 1.54 bits per heavy atom. The molecule has 0 atom stereocenters. The van der Waals surface area contributed by atoms with Crippen LogP contribution in [0.2, 0.25) is 0 Å². The molecule has 1 fully saturated rings. The summed E-state index contributed by atoms with van der Waals surface area (Å²) in [7, 11) is 0. The molecule has 0 aliphatic carbocycles. The fourth-order valence-corrected chi connectivity index (χ4v) is 3.87. The molecule has 1 amide bonds. The lowest BCUT2D eigenvalue weighted by Gasteiger charge is -2.37. The summed E-state index contributed by atoms with van der Waals surface area (Å²) in [6, 6.07) is 18.9. The third kappa shape index (κ3) is 4.94. The second-order valence-corrected chi connectivity index (χ2v) is 8.45. The number of carbonyl (C=O) groups excluding carboxylic acids is 1. The van der Waals surface area contributed by atoms with Crippen LogP contribution in [0.15, 0.2) is 64.4 Å². The van der Waals surface area contributed by atoms with Gasteiger partial charge in [-0.15, -0.1) is 0 Å². The van der Waals surface area contributed by atoms with Gasteiger partial charge in [-0.05, 0) is 45.0 Å². The normalized spacial score (nSPS) is 15.0. The summed E-state index contributed by atoms with van der Waals surface area (Å²) in [6.07, 6.45) is -0.218. The van der Waals surface area contributed by atoms with Gasteiger partial charge in [-0.25, -0.2) is 4.79 Å². The van der Waals surface area contributed by atoms with Gasteiger partial charge in [0.05, 0.1) is 5.69 Å². The average Bonchev–Trinajstić information content (AvgIpc) is 2.62. The van der Waals surface area contributed by atoms with E-state index in [0.29, 0.717) is 13.1 Å². The van der Waals surface area contributed by atoms with Crippen molar-refractivity contribution >= 4 is 23.5 Å². The van der Waals surface area contributed by atoms with Crippen molar-refractivity contribution in [2.24, 2.45) is 0 Å². The van der Waals surface area contributed by atoms with Crippen LogP contribution in [-0.4, -0.2) is 42.8 Å². The molecule has 2 aromatic carbocycles. The van der Waals surface area contributed by atoms with Crippen LogP contribution < -0.4 is 4.90 Å². The van der Waals surface area contributed by atoms with Crippen LogP contribution in [0.4, 0.5) is 10.5 Å². The summed E-state index contributed by atoms with van der Waals surface area (Å²) < 4.78 is 5.49. The van der Waals surface area contributed by atoms with Crippen molar-refractivity contribution in [2.75, 3.05) is 31.1 Å². The Bertz CT molecular complexity index is 735. The van der Waals surface area contributed by atoms with Gasteiger partial charge < -0.3 is 14.5 Å². The topological polar surface area (TPSA) is 32.8 Å². The van der Waals surface area contributed by atoms with E-state index in [9.17, 15) is 4.79 Å². The van der Waals surface area contributed by atoms with E-state index in [1.807, 2.05) is 26.8 Å². The smallest absolute Gasteiger partial charge is 0.410 e. The molecule has 0 bridgehead atoms. The molecule has 4 nitrogen and oxygen atoms in total. The first-order valence-corrected chi connectivity index (χ1v) is 9.79. The molecule has 3 rings (SSSR count). The van der Waals surface area contributed by atoms with Crippen molar-refractivity contribution in [3.63, 3.8) is 0 Å². The van der Waals surface area contributed by atoms with Gasteiger partial charge in [0.2, 0.25) is 0 Å². The molecule has 5 heteroatoms. The van der Waals surface area contributed by atoms with Gasteiger partial charge >= 0.3 is 6.09 Å². The number of hydrogen-bond donors (Lipinski definition) is 0. The van der Waals surface area contributed by atoms with Crippen molar-refractivity contribution in [1.29, 1.82) is 0 Å². The lowest BCUT2D eigenvalue weighted by molar-refractivity contribution is 0.0240. The monoisotopic (exact) mass is 370 g/mol. The Balaban J connectivity index is 1.66. The first-order chi connectivity index (χ1) is 12.4. The quantitative estimate of drug-likeness (QED) is 0.770. The highest BCUT2D eigenvalue weighted by atomic mass is 32.2. The van der Waals surface area contributed by atoms with Crippen molar-refractivity contribution in [1.82, 2.24) is 4.90 Å². The van der Waals surface area contributed by atoms with Crippen molar-refractivity contribution in [2.45, 2.75) is 36.2 Å². The Labute approximate surface area is 160 Å². The Kier molecular flexibility index (Phi) is 5.77. The Hall–Kier alpha value is -2.14. The van der Waals surface area contributed by atoms with Gasteiger partial charge in [0.1, 0.15) is 5.60 Å². The van der Waals surface area contributed by atoms with Gasteiger partial charge in [-0.1, -0.05) is 42.1 Å². The zero-order valence-electron chi connectivity index (χ0n) is 15.6. The summed E-state index contributed by atoms with van der Waals surface area (Å²) in [5.41, 5.74) is 0.776. The maximum absolute atomic E-state index is 12.2. The van der Waals surface area contributed by atoms with E-state index in [4.69, 9.17) is 4.74 Å². The van der Waals surface area contributed by atoms with E-state index in [-0.39, 0.29) is 6.09 Å². The first-order valence-electron chi connectivity index (χ1n) is 8.97. The third-order valence-corrected chi connectivity index (χ3v) is 5.18. The second kappa shape index (κ2) is 8.04. The molecule has 0 saturated carbocycles. The van der Waals surface area contributed by atoms with Gasteiger partial charge in [0.15, 0.2) is 0 Å². The zero-order valence-corrected chi connectivity index (χ0v) is 16.5. The second-order valence-electron chi connectivity index (χ2n) is 7.34. The average molecular weight is 371 g/mol. The largest absolute Gasteiger partial charge is 0.444 e. The number of hydrogen-bond acceptors (Lipinski definition) is 4. The molecule has 0 N–H and O–H groups in total. The van der Waals surface area contributed by atoms with Gasteiger partial charge in [-0.2, -0.15) is 0 Å². The van der Waals surface area contributed by atoms with Gasteiger partial charge in [0.25, 0.3) is 0 Å². The fraction of sp³-hybridized carbons (Fsp3) is 0.381. The number of rotatable bonds is 3. The van der Waals surface area contributed by atoms with Crippen molar-refractivity contribution < 1.29 is 9.53 Å². The fourth-order valence-electron chi connectivity index (χ4n) is 2.88. The lowest BCUT2D eigenvalue weighted by Crippen LogP contribution is -2.50. The number of piperazine rings is 1. The number of carbonyl (C=O) groups is 1. The van der Waals surface area contributed by atoms with Crippen LogP contribution in [-0.2, 0) is 4.74 Å². The minimum Gasteiger partial charge on any atom is -0.444 e. The first kappa shape index (κ1) is 18.6. The molecule has 1 heterocycles. The predicted octanol–water partition coefficient (Wildman–Crippen LogP) is 4.89. The summed E-state index contributed by atoms with van der Waals surface area (Å²) in [5, 5.41) is 0. The number of amides is 1. The minimum atomic E-state index is -0.451. The Morgan fingerprint density at radius 1 is 0.923 bits per heavy atom. The van der Waals surface area contributed by atoms with E-state index in [0.717, 1.165) is 13.1 Å². The van der Waals surface area contributed by atoms with Crippen LogP contribution in [0, 0.1) is 0 Å². The maximum Gasteiger partial charge on any atom is 0.410 e. The van der Waals surface area contributed by atoms with Crippen LogP contribution >= 0.6 is 11.8 Å². The molecule has 0 unspecified atom stereocenters. The van der Waals surface area contributed by atoms with E-state index in [1.54, 1.807) is 16.7 Å². The summed E-state index contributed by atoms with van der Waals surface area (Å²) in [6.45, 7) is 8.68. The molecule has 0 aromatic heterocycles. The van der Waals surface area contributed by atoms with Gasteiger partial charge in [0, 0.05) is 36.0 Å². The van der Waals surface area contributed by atoms with Crippen LogP contribution in [0.1, 0.15) is 20.8 Å². The third-order valence-electron chi connectivity index (χ3n) is 4.11. The van der Waals surface area contributed by atoms with Crippen LogP contribution in [0.25, 0.3) is 0 Å². The summed E-state index contributed by atoms with van der Waals surface area (Å²) >= 11 is 1.78. The zero-order chi connectivity index (χ0) is 18.6. The van der Waals surface area contributed by atoms with Crippen LogP contribution in [0.5, 0.6) is 0 Å². The molecule has 1 aliphatic rings. The van der Waals surface area contributed by atoms with Gasteiger partial charge in [-0.3, -0.25) is 0 Å². The van der Waals surface area contributed by atoms with Crippen LogP contribution in [0.3, 0.4) is 0 Å². The minimum absolute atomic E-state index is 0.218. The molecule has 2 aromatic rings. The Morgan fingerprint density at radius 3 is 2.19 bits per heavy atom. The SMILES string of the molecule is CC(C)(C)OC(=O)N1CCN(c2ccccc2Sc2ccccc2)CC1. The highest BCUT2D eigenvalue weighted by Gasteiger charge is 2.26. The molecule has 0 spiro atoms. The number of nitrogens with zero attached hydrogens (tertiary/aromatic N) is 2. The molecular formula is C21H26N2O2S. The summed E-state index contributed by atoms with van der Waals surface area (Å²) in [4.78, 5) is 18.9. The molecular weight excluding hydrogens is 344 g/mol. The number of benzene rings is 2. The highest BCUT2D eigenvalue weighted by molar-refractivity contribution is 7.99. The highest BCUT2D eigenvalue weighted by Crippen LogP contribution is 2.35. The maximum atomic E-state index is 12.2. The van der Waals surface area contributed by atoms with E-state index in [1.165, 1.54) is 15.5 Å². The number of anilines is 1. The number of para-hydroxylation sites is 1. The van der Waals surface area contributed by atoms with E-state index < -0.39 is 5.60 Å². The standard InChI is InChI=1S/C21H26N2O2S/c1-21(2,3)25-20(24)23-15-13-22(14-16-23)18-11-7-8-12-19(18)26-17-9-5-4-6-10-17/h4-12H,13-16H2,1-3H3. The summed E-state index contributed by atoms with van der Waals surface area (Å²) in [5.74, 6) is 0. The van der Waals surface area contributed by atoms with Crippen molar-refractivity contribution in [3.8, 4) is 0 Å². The molecule has 1 saturated heterocycles. The molecule has 138 valence electrons. The number of ether oxygens (including phenoxy) is 1. The lowest BCUT2D eigenvalue weighted by atomic mass is 10.2. The van der Waals surface area contributed by atoms with Crippen molar-refractivity contribution in [3.05, 3.63) is 54.6 Å². The molecule has 26 heavy (non-hydrogen) atoms. The molecule has 0 radical (unpaired) electrons.